The molecule has 0 fully saturated rings. The monoisotopic (exact) mass is 287 g/mol. The normalized spacial score (nSPS) is 9.36. The number of amides is 2. The van der Waals surface area contributed by atoms with Gasteiger partial charge in [-0.15, -0.1) is 0 Å². The van der Waals surface area contributed by atoms with Crippen LogP contribution in [0.25, 0.3) is 0 Å². The minimum atomic E-state index is -0.433. The molecule has 7 heteroatoms. The van der Waals surface area contributed by atoms with Crippen LogP contribution in [0.15, 0.2) is 0 Å². The predicted molar refractivity (Wildman–Crippen MR) is 46.8 cm³/mol. The molecule has 0 aromatic heterocycles. The molecule has 0 aromatic carbocycles. The van der Waals surface area contributed by atoms with E-state index in [1.807, 2.05) is 5.53 Å². The van der Waals surface area contributed by atoms with Crippen molar-refractivity contribution in [2.45, 2.75) is 0 Å². The molecular formula is C4H7Br2N3O2. The minimum absolute atomic E-state index is 0.0515. The average Bonchev–Trinajstić information content (AvgIpc) is 2.05. The Morgan fingerprint density at radius 3 is 1.82 bits per heavy atom. The molecule has 0 radical (unpaired) electrons. The van der Waals surface area contributed by atoms with Crippen molar-refractivity contribution in [3.05, 3.63) is 0 Å². The van der Waals surface area contributed by atoms with Gasteiger partial charge in [-0.2, -0.15) is 10.5 Å². The Bertz CT molecular complexity index is 147. The van der Waals surface area contributed by atoms with Gasteiger partial charge in [-0.05, 0) is 0 Å². The van der Waals surface area contributed by atoms with Gasteiger partial charge in [0.15, 0.2) is 0 Å². The van der Waals surface area contributed by atoms with Crippen molar-refractivity contribution in [3.8, 4) is 0 Å². The molecule has 0 bridgehead atoms. The first kappa shape index (κ1) is 11.0. The van der Waals surface area contributed by atoms with Crippen molar-refractivity contribution in [1.82, 2.24) is 10.5 Å². The van der Waals surface area contributed by atoms with Crippen LogP contribution in [0.3, 0.4) is 0 Å². The molecule has 0 spiro atoms. The van der Waals surface area contributed by atoms with E-state index in [0.29, 0.717) is 0 Å². The number of rotatable bonds is 3. The van der Waals surface area contributed by atoms with Gasteiger partial charge in [-0.3, -0.25) is 15.4 Å². The summed E-state index contributed by atoms with van der Waals surface area (Å²) in [5.41, 5.74) is 1.98. The van der Waals surface area contributed by atoms with E-state index in [9.17, 15) is 9.59 Å². The van der Waals surface area contributed by atoms with Crippen LogP contribution in [0, 0.1) is 0 Å². The smallest absolute Gasteiger partial charge is 0.255 e. The molecule has 0 aliphatic carbocycles. The number of alkyl halides is 2. The van der Waals surface area contributed by atoms with Crippen molar-refractivity contribution >= 4 is 43.7 Å². The highest BCUT2D eigenvalue weighted by molar-refractivity contribution is 9.09. The van der Waals surface area contributed by atoms with Crippen molar-refractivity contribution in [2.24, 2.45) is 5.84 Å². The van der Waals surface area contributed by atoms with Crippen LogP contribution in [0.4, 0.5) is 0 Å². The minimum Gasteiger partial charge on any atom is -0.272 e. The number of nitrogens with zero attached hydrogens (tertiary/aromatic N) is 1. The first-order chi connectivity index (χ1) is 5.17. The van der Waals surface area contributed by atoms with Gasteiger partial charge in [0.25, 0.3) is 11.8 Å². The van der Waals surface area contributed by atoms with Gasteiger partial charge in [0.1, 0.15) is 0 Å². The summed E-state index contributed by atoms with van der Waals surface area (Å²) in [6.45, 7) is 0. The first-order valence-corrected chi connectivity index (χ1v) is 4.85. The van der Waals surface area contributed by atoms with E-state index < -0.39 is 11.8 Å². The summed E-state index contributed by atoms with van der Waals surface area (Å²) >= 11 is 5.80. The molecule has 0 aromatic rings. The van der Waals surface area contributed by atoms with E-state index in [1.165, 1.54) is 0 Å². The Balaban J connectivity index is 4.15. The number of hydrazine groups is 2. The number of nitrogens with two attached hydrogens (primary N) is 1. The van der Waals surface area contributed by atoms with Gasteiger partial charge < -0.3 is 0 Å². The summed E-state index contributed by atoms with van der Waals surface area (Å²) in [5, 5.41) is 0.829. The Morgan fingerprint density at radius 2 is 1.64 bits per heavy atom. The second-order valence-electron chi connectivity index (χ2n) is 1.52. The van der Waals surface area contributed by atoms with E-state index in [-0.39, 0.29) is 10.7 Å². The zero-order valence-electron chi connectivity index (χ0n) is 5.51. The van der Waals surface area contributed by atoms with E-state index in [4.69, 9.17) is 5.84 Å². The van der Waals surface area contributed by atoms with Crippen molar-refractivity contribution < 1.29 is 9.59 Å². The third-order valence-electron chi connectivity index (χ3n) is 0.857. The fourth-order valence-electron chi connectivity index (χ4n) is 0.403. The molecule has 0 unspecified atom stereocenters. The number of nitrogens with one attached hydrogen (secondary N) is 1. The summed E-state index contributed by atoms with van der Waals surface area (Å²) in [6, 6.07) is 0. The highest BCUT2D eigenvalue weighted by Gasteiger charge is 2.17. The topological polar surface area (TPSA) is 75.4 Å². The Kier molecular flexibility index (Phi) is 5.65. The lowest BCUT2D eigenvalue weighted by atomic mass is 10.6. The highest BCUT2D eigenvalue weighted by atomic mass is 79.9. The Morgan fingerprint density at radius 1 is 1.27 bits per heavy atom. The van der Waals surface area contributed by atoms with E-state index in [0.717, 1.165) is 5.01 Å². The molecule has 0 aliphatic rings. The van der Waals surface area contributed by atoms with E-state index >= 15 is 0 Å². The van der Waals surface area contributed by atoms with Crippen molar-refractivity contribution in [3.63, 3.8) is 0 Å². The summed E-state index contributed by atoms with van der Waals surface area (Å²) in [4.78, 5) is 21.7. The van der Waals surface area contributed by atoms with Crippen LogP contribution in [0.1, 0.15) is 0 Å². The molecule has 11 heavy (non-hydrogen) atoms. The summed E-state index contributed by atoms with van der Waals surface area (Å²) in [6.07, 6.45) is 0. The quantitative estimate of drug-likeness (QED) is 0.417. The number of carbonyl (C=O) groups is 2. The van der Waals surface area contributed by atoms with Crippen LogP contribution in [0.2, 0.25) is 0 Å². The second-order valence-corrected chi connectivity index (χ2v) is 2.64. The molecule has 0 aliphatic heterocycles. The Labute approximate surface area is 80.5 Å². The number of hydrogen-bond acceptors (Lipinski definition) is 4. The SMILES string of the molecule is NNN(C(=O)CBr)C(=O)CBr. The number of hydrogen-bond donors (Lipinski definition) is 2. The van der Waals surface area contributed by atoms with Crippen LogP contribution in [-0.2, 0) is 9.59 Å². The first-order valence-electron chi connectivity index (χ1n) is 2.61. The predicted octanol–water partition coefficient (Wildman–Crippen LogP) is -0.490. The van der Waals surface area contributed by atoms with Gasteiger partial charge in [0, 0.05) is 0 Å². The third-order valence-corrected chi connectivity index (χ3v) is 1.82. The molecule has 3 N–H and O–H groups in total. The lowest BCUT2D eigenvalue weighted by Crippen LogP contribution is -2.51. The molecule has 0 heterocycles. The fraction of sp³-hybridized carbons (Fsp3) is 0.500. The number of halogens is 2. The van der Waals surface area contributed by atoms with Crippen LogP contribution in [0.5, 0.6) is 0 Å². The Hall–Kier alpha value is 0.0200. The summed E-state index contributed by atoms with van der Waals surface area (Å²) < 4.78 is 0. The molecule has 2 amide bonds. The van der Waals surface area contributed by atoms with Gasteiger partial charge >= 0.3 is 0 Å². The molecule has 5 nitrogen and oxygen atoms in total. The molecule has 0 rings (SSSR count). The van der Waals surface area contributed by atoms with Crippen molar-refractivity contribution in [1.29, 1.82) is 0 Å². The number of imide groups is 1. The zero-order chi connectivity index (χ0) is 8.85. The lowest BCUT2D eigenvalue weighted by Gasteiger charge is -2.15. The van der Waals surface area contributed by atoms with E-state index in [1.54, 1.807) is 0 Å². The average molecular weight is 289 g/mol. The molecule has 64 valence electrons. The molecular weight excluding hydrogens is 282 g/mol. The molecule has 0 saturated carbocycles. The standard InChI is InChI=1S/C4H7Br2N3O2/c5-1-3(10)9(8-7)4(11)2-6/h8H,1-2,7H2. The number of carbonyl (C=O) groups excluding carboxylic acids is 2. The van der Waals surface area contributed by atoms with Crippen LogP contribution in [-0.4, -0.2) is 27.5 Å². The van der Waals surface area contributed by atoms with Gasteiger partial charge in [0.05, 0.1) is 10.7 Å². The van der Waals surface area contributed by atoms with Crippen LogP contribution < -0.4 is 11.4 Å². The van der Waals surface area contributed by atoms with Gasteiger partial charge in [-0.25, -0.2) is 0 Å². The third kappa shape index (κ3) is 3.28. The largest absolute Gasteiger partial charge is 0.272 e. The zero-order valence-corrected chi connectivity index (χ0v) is 8.68. The fourth-order valence-corrected chi connectivity index (χ4v) is 0.904. The second kappa shape index (κ2) is 5.64. The maximum atomic E-state index is 10.8. The highest BCUT2D eigenvalue weighted by Crippen LogP contribution is 1.92. The maximum Gasteiger partial charge on any atom is 0.255 e. The van der Waals surface area contributed by atoms with E-state index in [2.05, 4.69) is 31.9 Å². The summed E-state index contributed by atoms with van der Waals surface area (Å²) in [7, 11) is 0. The molecule has 0 atom stereocenters. The van der Waals surface area contributed by atoms with Gasteiger partial charge in [0.2, 0.25) is 0 Å². The van der Waals surface area contributed by atoms with Gasteiger partial charge in [-0.1, -0.05) is 31.9 Å². The lowest BCUT2D eigenvalue weighted by molar-refractivity contribution is -0.145. The van der Waals surface area contributed by atoms with Crippen molar-refractivity contribution in [2.75, 3.05) is 10.7 Å². The molecule has 0 saturated heterocycles. The summed E-state index contributed by atoms with van der Waals surface area (Å²) in [5.74, 6) is 4.05. The maximum absolute atomic E-state index is 10.8. The van der Waals surface area contributed by atoms with Crippen LogP contribution >= 0.6 is 31.9 Å².